The van der Waals surface area contributed by atoms with E-state index in [1.165, 1.54) is 4.90 Å². The van der Waals surface area contributed by atoms with Crippen LogP contribution in [0.3, 0.4) is 0 Å². The highest BCUT2D eigenvalue weighted by atomic mass is 16.6. The van der Waals surface area contributed by atoms with Crippen LogP contribution in [0.4, 0.5) is 4.79 Å². The molecule has 5 nitrogen and oxygen atoms in total. The van der Waals surface area contributed by atoms with Crippen LogP contribution in [0.25, 0.3) is 0 Å². The maximum atomic E-state index is 12.3. The summed E-state index contributed by atoms with van der Waals surface area (Å²) < 4.78 is 5.39. The number of aliphatic carboxylic acids is 1. The summed E-state index contributed by atoms with van der Waals surface area (Å²) in [5.41, 5.74) is -0.558. The van der Waals surface area contributed by atoms with E-state index in [0.29, 0.717) is 25.8 Å². The maximum Gasteiger partial charge on any atom is 0.410 e. The van der Waals surface area contributed by atoms with Gasteiger partial charge in [-0.25, -0.2) is 4.79 Å². The minimum absolute atomic E-state index is 0.187. The first-order valence-electron chi connectivity index (χ1n) is 7.97. The molecule has 1 heterocycles. The van der Waals surface area contributed by atoms with E-state index in [1.807, 2.05) is 51.1 Å². The fourth-order valence-corrected chi connectivity index (χ4v) is 3.00. The summed E-state index contributed by atoms with van der Waals surface area (Å²) in [6.07, 6.45) is 1.22. The quantitative estimate of drug-likeness (QED) is 0.928. The van der Waals surface area contributed by atoms with Gasteiger partial charge in [0.1, 0.15) is 5.60 Å². The number of nitrogens with zero attached hydrogens (tertiary/aromatic N) is 1. The minimum atomic E-state index is -0.948. The van der Waals surface area contributed by atoms with Crippen LogP contribution >= 0.6 is 0 Å². The topological polar surface area (TPSA) is 66.8 Å². The van der Waals surface area contributed by atoms with E-state index < -0.39 is 23.1 Å². The van der Waals surface area contributed by atoms with Crippen molar-refractivity contribution in [2.45, 2.75) is 45.6 Å². The van der Waals surface area contributed by atoms with Crippen LogP contribution in [0.5, 0.6) is 0 Å². The van der Waals surface area contributed by atoms with Gasteiger partial charge in [0.2, 0.25) is 0 Å². The molecule has 1 amide bonds. The lowest BCUT2D eigenvalue weighted by atomic mass is 9.75. The summed E-state index contributed by atoms with van der Waals surface area (Å²) in [5, 5.41) is 9.80. The highest BCUT2D eigenvalue weighted by Gasteiger charge is 2.44. The Kier molecular flexibility index (Phi) is 4.97. The van der Waals surface area contributed by atoms with Gasteiger partial charge in [-0.15, -0.1) is 0 Å². The molecule has 1 aromatic carbocycles. The summed E-state index contributed by atoms with van der Waals surface area (Å²) >= 11 is 0. The van der Waals surface area contributed by atoms with Crippen molar-refractivity contribution in [1.29, 1.82) is 0 Å². The zero-order valence-corrected chi connectivity index (χ0v) is 14.0. The number of likely N-dealkylation sites (tertiary alicyclic amines) is 1. The van der Waals surface area contributed by atoms with Crippen molar-refractivity contribution in [3.8, 4) is 0 Å². The van der Waals surface area contributed by atoms with Crippen molar-refractivity contribution >= 4 is 12.1 Å². The maximum absolute atomic E-state index is 12.3. The van der Waals surface area contributed by atoms with Crippen molar-refractivity contribution in [3.05, 3.63) is 35.9 Å². The Morgan fingerprint density at radius 2 is 1.91 bits per heavy atom. The summed E-state index contributed by atoms with van der Waals surface area (Å²) in [7, 11) is 0. The van der Waals surface area contributed by atoms with E-state index in [4.69, 9.17) is 4.74 Å². The Labute approximate surface area is 137 Å². The first kappa shape index (κ1) is 17.3. The largest absolute Gasteiger partial charge is 0.481 e. The van der Waals surface area contributed by atoms with Gasteiger partial charge in [-0.05, 0) is 45.6 Å². The number of amides is 1. The third-order valence-corrected chi connectivity index (χ3v) is 4.07. The molecule has 1 aliphatic rings. The van der Waals surface area contributed by atoms with Crippen LogP contribution in [0, 0.1) is 5.41 Å². The Morgan fingerprint density at radius 3 is 2.48 bits per heavy atom. The molecule has 0 spiro atoms. The molecule has 5 heteroatoms. The predicted octanol–water partition coefficient (Wildman–Crippen LogP) is 3.33. The minimum Gasteiger partial charge on any atom is -0.481 e. The molecular formula is C18H25NO4. The molecule has 0 aliphatic carbocycles. The number of carboxylic acids is 1. The summed E-state index contributed by atoms with van der Waals surface area (Å²) in [6.45, 7) is 6.15. The lowest BCUT2D eigenvalue weighted by molar-refractivity contribution is -0.152. The molecule has 23 heavy (non-hydrogen) atoms. The molecule has 0 unspecified atom stereocenters. The van der Waals surface area contributed by atoms with E-state index >= 15 is 0 Å². The van der Waals surface area contributed by atoms with Crippen LogP contribution in [-0.4, -0.2) is 40.8 Å². The standard InChI is InChI=1S/C18H25NO4/c1-17(2,3)23-16(22)19-11-7-10-18(13-19,15(20)21)12-14-8-5-4-6-9-14/h4-6,8-9H,7,10-13H2,1-3H3,(H,20,21)/t18-/m0/s1. The monoisotopic (exact) mass is 319 g/mol. The van der Waals surface area contributed by atoms with Gasteiger partial charge < -0.3 is 14.7 Å². The zero-order valence-electron chi connectivity index (χ0n) is 14.0. The van der Waals surface area contributed by atoms with Crippen LogP contribution in [0.15, 0.2) is 30.3 Å². The second kappa shape index (κ2) is 6.60. The highest BCUT2D eigenvalue weighted by molar-refractivity contribution is 5.77. The summed E-state index contributed by atoms with van der Waals surface area (Å²) in [4.78, 5) is 25.8. The molecule has 1 N–H and O–H groups in total. The third-order valence-electron chi connectivity index (χ3n) is 4.07. The predicted molar refractivity (Wildman–Crippen MR) is 87.3 cm³/mol. The third kappa shape index (κ3) is 4.47. The number of rotatable bonds is 3. The van der Waals surface area contributed by atoms with Crippen molar-refractivity contribution in [2.24, 2.45) is 5.41 Å². The molecule has 1 aromatic rings. The van der Waals surface area contributed by atoms with Crippen LogP contribution in [0.1, 0.15) is 39.2 Å². The van der Waals surface area contributed by atoms with E-state index in [9.17, 15) is 14.7 Å². The molecule has 1 aliphatic heterocycles. The average Bonchev–Trinajstić information content (AvgIpc) is 2.46. The zero-order chi connectivity index (χ0) is 17.1. The van der Waals surface area contributed by atoms with Gasteiger partial charge in [-0.1, -0.05) is 30.3 Å². The average molecular weight is 319 g/mol. The first-order valence-corrected chi connectivity index (χ1v) is 7.97. The second-order valence-electron chi connectivity index (χ2n) is 7.25. The molecule has 0 aromatic heterocycles. The molecule has 0 radical (unpaired) electrons. The van der Waals surface area contributed by atoms with E-state index in [0.717, 1.165) is 5.56 Å². The van der Waals surface area contributed by atoms with E-state index in [1.54, 1.807) is 0 Å². The molecule has 1 atom stereocenters. The van der Waals surface area contributed by atoms with E-state index in [2.05, 4.69) is 0 Å². The fourth-order valence-electron chi connectivity index (χ4n) is 3.00. The van der Waals surface area contributed by atoms with Crippen LogP contribution < -0.4 is 0 Å². The molecule has 0 saturated carbocycles. The summed E-state index contributed by atoms with van der Waals surface area (Å²) in [5.74, 6) is -0.852. The van der Waals surface area contributed by atoms with Crippen LogP contribution in [0.2, 0.25) is 0 Å². The van der Waals surface area contributed by atoms with Gasteiger partial charge in [0.25, 0.3) is 0 Å². The smallest absolute Gasteiger partial charge is 0.410 e. The van der Waals surface area contributed by atoms with Gasteiger partial charge in [0.15, 0.2) is 0 Å². The number of benzene rings is 1. The first-order chi connectivity index (χ1) is 10.7. The number of carbonyl (C=O) groups is 2. The number of hydrogen-bond donors (Lipinski definition) is 1. The lowest BCUT2D eigenvalue weighted by Gasteiger charge is -2.40. The van der Waals surface area contributed by atoms with Gasteiger partial charge >= 0.3 is 12.1 Å². The van der Waals surface area contributed by atoms with Crippen molar-refractivity contribution < 1.29 is 19.4 Å². The molecular weight excluding hydrogens is 294 g/mol. The molecule has 2 rings (SSSR count). The van der Waals surface area contributed by atoms with Crippen molar-refractivity contribution in [2.75, 3.05) is 13.1 Å². The molecule has 1 saturated heterocycles. The van der Waals surface area contributed by atoms with Crippen LogP contribution in [-0.2, 0) is 16.0 Å². The Bertz CT molecular complexity index is 564. The Balaban J connectivity index is 2.17. The molecule has 126 valence electrons. The number of piperidine rings is 1. The van der Waals surface area contributed by atoms with Crippen molar-refractivity contribution in [3.63, 3.8) is 0 Å². The summed E-state index contributed by atoms with van der Waals surface area (Å²) in [6, 6.07) is 9.57. The number of carboxylic acid groups (broad SMARTS) is 1. The number of ether oxygens (including phenoxy) is 1. The fraction of sp³-hybridized carbons (Fsp3) is 0.556. The number of hydrogen-bond acceptors (Lipinski definition) is 3. The second-order valence-corrected chi connectivity index (χ2v) is 7.25. The van der Waals surface area contributed by atoms with Gasteiger partial charge in [0, 0.05) is 13.1 Å². The Morgan fingerprint density at radius 1 is 1.26 bits per heavy atom. The highest BCUT2D eigenvalue weighted by Crippen LogP contribution is 2.34. The van der Waals surface area contributed by atoms with Gasteiger partial charge in [-0.3, -0.25) is 4.79 Å². The van der Waals surface area contributed by atoms with E-state index in [-0.39, 0.29) is 6.54 Å². The normalized spacial score (nSPS) is 21.8. The molecule has 0 bridgehead atoms. The number of carbonyl (C=O) groups excluding carboxylic acids is 1. The van der Waals surface area contributed by atoms with Gasteiger partial charge in [0.05, 0.1) is 5.41 Å². The van der Waals surface area contributed by atoms with Crippen molar-refractivity contribution in [1.82, 2.24) is 4.90 Å². The molecule has 1 fully saturated rings. The van der Waals surface area contributed by atoms with Gasteiger partial charge in [-0.2, -0.15) is 0 Å². The lowest BCUT2D eigenvalue weighted by Crippen LogP contribution is -2.52. The Hall–Kier alpha value is -2.04. The SMILES string of the molecule is CC(C)(C)OC(=O)N1CCC[C@@](Cc2ccccc2)(C(=O)O)C1.